The van der Waals surface area contributed by atoms with Gasteiger partial charge in [0, 0.05) is 42.4 Å². The van der Waals surface area contributed by atoms with E-state index < -0.39 is 0 Å². The normalized spacial score (nSPS) is 22.0. The van der Waals surface area contributed by atoms with Gasteiger partial charge in [0.25, 0.3) is 0 Å². The molecule has 4 heterocycles. The molecule has 6 heteroatoms. The molecule has 1 spiro atoms. The lowest BCUT2D eigenvalue weighted by Gasteiger charge is -2.47. The van der Waals surface area contributed by atoms with Crippen LogP contribution in [0.3, 0.4) is 0 Å². The van der Waals surface area contributed by atoms with Gasteiger partial charge in [-0.1, -0.05) is 6.07 Å². The zero-order valence-electron chi connectivity index (χ0n) is 13.1. The molecule has 4 nitrogen and oxygen atoms in total. The van der Waals surface area contributed by atoms with E-state index in [1.54, 1.807) is 29.8 Å². The van der Waals surface area contributed by atoms with Crippen molar-refractivity contribution in [2.45, 2.75) is 17.3 Å². The molecule has 4 rings (SSSR count). The number of ether oxygens (including phenoxy) is 1. The Labute approximate surface area is 149 Å². The van der Waals surface area contributed by atoms with Crippen LogP contribution in [0.1, 0.15) is 11.3 Å². The molecule has 1 atom stereocenters. The molecule has 2 saturated heterocycles. The quantitative estimate of drug-likeness (QED) is 0.787. The van der Waals surface area contributed by atoms with Gasteiger partial charge in [-0.3, -0.25) is 9.78 Å². The lowest BCUT2D eigenvalue weighted by molar-refractivity contribution is -0.131. The Balaban J connectivity index is 1.28. The summed E-state index contributed by atoms with van der Waals surface area (Å²) in [5.41, 5.74) is 0. The fraction of sp³-hybridized carbons (Fsp3) is 0.333. The Morgan fingerprint density at radius 3 is 3.04 bits per heavy atom. The van der Waals surface area contributed by atoms with Gasteiger partial charge in [0.05, 0.1) is 10.9 Å². The minimum atomic E-state index is 0.103. The molecular weight excluding hydrogens is 340 g/mol. The van der Waals surface area contributed by atoms with E-state index in [2.05, 4.69) is 4.98 Å². The van der Waals surface area contributed by atoms with Crippen LogP contribution in [-0.2, 0) is 4.79 Å². The van der Waals surface area contributed by atoms with Crippen molar-refractivity contribution >= 4 is 35.1 Å². The zero-order chi connectivity index (χ0) is 16.4. The molecule has 0 N–H and O–H groups in total. The predicted molar refractivity (Wildman–Crippen MR) is 98.4 cm³/mol. The third kappa shape index (κ3) is 3.35. The van der Waals surface area contributed by atoms with E-state index in [0.29, 0.717) is 0 Å². The third-order valence-electron chi connectivity index (χ3n) is 4.32. The first kappa shape index (κ1) is 15.7. The van der Waals surface area contributed by atoms with Crippen LogP contribution in [0.5, 0.6) is 5.75 Å². The van der Waals surface area contributed by atoms with Gasteiger partial charge >= 0.3 is 0 Å². The number of amides is 1. The van der Waals surface area contributed by atoms with Gasteiger partial charge in [-0.15, -0.1) is 23.1 Å². The lowest BCUT2D eigenvalue weighted by atomic mass is 9.93. The fourth-order valence-corrected chi connectivity index (χ4v) is 5.30. The van der Waals surface area contributed by atoms with Crippen molar-refractivity contribution in [3.8, 4) is 5.75 Å². The average Bonchev–Trinajstić information content (AvgIpc) is 3.22. The summed E-state index contributed by atoms with van der Waals surface area (Å²) < 4.78 is 6.18. The van der Waals surface area contributed by atoms with Gasteiger partial charge < -0.3 is 9.64 Å². The number of aromatic nitrogens is 1. The van der Waals surface area contributed by atoms with E-state index in [1.165, 1.54) is 0 Å². The standard InChI is InChI=1S/C18H18N2O2S2/c21-17(6-5-16-4-2-8-23-16)20-12-18(13-20)9-15(11-24-18)22-14-3-1-7-19-10-14/h1-8,10,15H,9,11-13H2/b6-5+/t15-/m0/s1. The molecular formula is C18H18N2O2S2. The van der Waals surface area contributed by atoms with Crippen LogP contribution >= 0.6 is 23.1 Å². The molecule has 0 aliphatic carbocycles. The highest BCUT2D eigenvalue weighted by Crippen LogP contribution is 2.46. The number of thiophene rings is 1. The molecule has 0 bridgehead atoms. The van der Waals surface area contributed by atoms with Gasteiger partial charge in [0.2, 0.25) is 5.91 Å². The fourth-order valence-electron chi connectivity index (χ4n) is 3.16. The van der Waals surface area contributed by atoms with E-state index >= 15 is 0 Å². The number of rotatable bonds is 4. The van der Waals surface area contributed by atoms with Crippen molar-refractivity contribution in [1.29, 1.82) is 0 Å². The Bertz CT molecular complexity index is 725. The minimum Gasteiger partial charge on any atom is -0.488 e. The lowest BCUT2D eigenvalue weighted by Crippen LogP contribution is -2.60. The summed E-state index contributed by atoms with van der Waals surface area (Å²) in [7, 11) is 0. The van der Waals surface area contributed by atoms with Crippen LogP contribution in [0.15, 0.2) is 48.1 Å². The highest BCUT2D eigenvalue weighted by Gasteiger charge is 2.50. The molecule has 0 radical (unpaired) electrons. The second-order valence-corrected chi connectivity index (χ2v) is 8.64. The predicted octanol–water partition coefficient (Wildman–Crippen LogP) is 3.32. The van der Waals surface area contributed by atoms with Gasteiger partial charge in [-0.05, 0) is 29.7 Å². The Morgan fingerprint density at radius 2 is 2.29 bits per heavy atom. The van der Waals surface area contributed by atoms with Crippen LogP contribution in [0.4, 0.5) is 0 Å². The topological polar surface area (TPSA) is 42.4 Å². The van der Waals surface area contributed by atoms with Crippen LogP contribution in [-0.4, -0.2) is 45.5 Å². The minimum absolute atomic E-state index is 0.103. The highest BCUT2D eigenvalue weighted by atomic mass is 32.2. The van der Waals surface area contributed by atoms with E-state index in [1.807, 2.05) is 52.4 Å². The van der Waals surface area contributed by atoms with Gasteiger partial charge in [0.15, 0.2) is 0 Å². The summed E-state index contributed by atoms with van der Waals surface area (Å²) in [6.45, 7) is 1.64. The smallest absolute Gasteiger partial charge is 0.246 e. The third-order valence-corrected chi connectivity index (χ3v) is 6.73. The van der Waals surface area contributed by atoms with E-state index in [-0.39, 0.29) is 16.8 Å². The van der Waals surface area contributed by atoms with E-state index in [9.17, 15) is 4.79 Å². The van der Waals surface area contributed by atoms with Gasteiger partial charge in [-0.2, -0.15) is 0 Å². The average molecular weight is 358 g/mol. The number of pyridine rings is 1. The first-order chi connectivity index (χ1) is 11.7. The summed E-state index contributed by atoms with van der Waals surface area (Å²) in [6.07, 6.45) is 8.28. The summed E-state index contributed by atoms with van der Waals surface area (Å²) in [4.78, 5) is 19.3. The van der Waals surface area contributed by atoms with E-state index in [4.69, 9.17) is 4.74 Å². The van der Waals surface area contributed by atoms with Crippen LogP contribution in [0, 0.1) is 0 Å². The Hall–Kier alpha value is -1.79. The zero-order valence-corrected chi connectivity index (χ0v) is 14.8. The van der Waals surface area contributed by atoms with Crippen LogP contribution < -0.4 is 4.74 Å². The molecule has 124 valence electrons. The number of hydrogen-bond acceptors (Lipinski definition) is 5. The van der Waals surface area contributed by atoms with Crippen molar-refractivity contribution in [2.24, 2.45) is 0 Å². The molecule has 2 aliphatic heterocycles. The second kappa shape index (κ2) is 6.61. The molecule has 0 saturated carbocycles. The highest BCUT2D eigenvalue weighted by molar-refractivity contribution is 8.01. The largest absolute Gasteiger partial charge is 0.488 e. The van der Waals surface area contributed by atoms with Crippen molar-refractivity contribution < 1.29 is 9.53 Å². The molecule has 2 aromatic heterocycles. The number of hydrogen-bond donors (Lipinski definition) is 0. The number of carbonyl (C=O) groups is 1. The monoisotopic (exact) mass is 358 g/mol. The number of carbonyl (C=O) groups excluding carboxylic acids is 1. The van der Waals surface area contributed by atoms with Crippen molar-refractivity contribution in [1.82, 2.24) is 9.88 Å². The Morgan fingerprint density at radius 1 is 1.38 bits per heavy atom. The summed E-state index contributed by atoms with van der Waals surface area (Å²) in [6, 6.07) is 7.83. The molecule has 2 fully saturated rings. The number of nitrogens with zero attached hydrogens (tertiary/aromatic N) is 2. The summed E-state index contributed by atoms with van der Waals surface area (Å²) >= 11 is 3.57. The summed E-state index contributed by atoms with van der Waals surface area (Å²) in [5, 5.41) is 2.01. The van der Waals surface area contributed by atoms with Gasteiger partial charge in [0.1, 0.15) is 11.9 Å². The van der Waals surface area contributed by atoms with Crippen LogP contribution in [0.2, 0.25) is 0 Å². The Kier molecular flexibility index (Phi) is 4.33. The first-order valence-electron chi connectivity index (χ1n) is 7.94. The molecule has 2 aliphatic rings. The number of likely N-dealkylation sites (tertiary alicyclic amines) is 1. The SMILES string of the molecule is O=C(/C=C/c1cccs1)N1CC2(C[C@H](Oc3cccnc3)CS2)C1. The van der Waals surface area contributed by atoms with Crippen LogP contribution in [0.25, 0.3) is 6.08 Å². The van der Waals surface area contributed by atoms with Crippen molar-refractivity contribution in [3.63, 3.8) is 0 Å². The molecule has 0 unspecified atom stereocenters. The maximum atomic E-state index is 12.2. The summed E-state index contributed by atoms with van der Waals surface area (Å²) in [5.74, 6) is 1.90. The molecule has 0 aromatic carbocycles. The maximum Gasteiger partial charge on any atom is 0.246 e. The molecule has 24 heavy (non-hydrogen) atoms. The first-order valence-corrected chi connectivity index (χ1v) is 9.80. The molecule has 2 aromatic rings. The second-order valence-electron chi connectivity index (χ2n) is 6.17. The van der Waals surface area contributed by atoms with Gasteiger partial charge in [-0.25, -0.2) is 0 Å². The molecule has 1 amide bonds. The number of thioether (sulfide) groups is 1. The maximum absolute atomic E-state index is 12.2. The van der Waals surface area contributed by atoms with Crippen molar-refractivity contribution in [3.05, 3.63) is 53.0 Å². The van der Waals surface area contributed by atoms with E-state index in [0.717, 1.165) is 35.9 Å². The van der Waals surface area contributed by atoms with Crippen molar-refractivity contribution in [2.75, 3.05) is 18.8 Å².